The number of rotatable bonds is 3. The van der Waals surface area contributed by atoms with Gasteiger partial charge in [0, 0.05) is 18.0 Å². The van der Waals surface area contributed by atoms with Gasteiger partial charge in [-0.05, 0) is 37.8 Å². The summed E-state index contributed by atoms with van der Waals surface area (Å²) in [6.07, 6.45) is 2.54. The van der Waals surface area contributed by atoms with E-state index >= 15 is 0 Å². The Kier molecular flexibility index (Phi) is 4.81. The number of carbonyl (C=O) groups is 1. The molecule has 0 bridgehead atoms. The Bertz CT molecular complexity index is 548. The Hall–Kier alpha value is -1.79. The SMILES string of the molecule is Cc1ccc(C#CCCO)c(C(=O)NC2CC(C)C2)c1. The number of nitrogens with one attached hydrogen (secondary N) is 1. The molecule has 3 nitrogen and oxygen atoms in total. The van der Waals surface area contributed by atoms with Gasteiger partial charge < -0.3 is 10.4 Å². The lowest BCUT2D eigenvalue weighted by Crippen LogP contribution is -2.43. The summed E-state index contributed by atoms with van der Waals surface area (Å²) in [5.74, 6) is 6.51. The van der Waals surface area contributed by atoms with Crippen molar-refractivity contribution in [2.24, 2.45) is 5.92 Å². The number of aryl methyl sites for hydroxylation is 1. The standard InChI is InChI=1S/C17H21NO2/c1-12-6-7-14(5-3-4-8-19)16(11-12)17(20)18-15-9-13(2)10-15/h6-7,11,13,15,19H,4,8-10H2,1-2H3,(H,18,20). The van der Waals surface area contributed by atoms with Crippen LogP contribution in [-0.4, -0.2) is 23.7 Å². The van der Waals surface area contributed by atoms with Gasteiger partial charge in [0.2, 0.25) is 0 Å². The van der Waals surface area contributed by atoms with E-state index in [0.29, 0.717) is 23.9 Å². The van der Waals surface area contributed by atoms with E-state index < -0.39 is 0 Å². The largest absolute Gasteiger partial charge is 0.395 e. The van der Waals surface area contributed by atoms with Crippen molar-refractivity contribution in [3.05, 3.63) is 34.9 Å². The number of amides is 1. The van der Waals surface area contributed by atoms with Crippen molar-refractivity contribution in [3.63, 3.8) is 0 Å². The highest BCUT2D eigenvalue weighted by Gasteiger charge is 2.27. The summed E-state index contributed by atoms with van der Waals surface area (Å²) in [7, 11) is 0. The van der Waals surface area contributed by atoms with Crippen LogP contribution in [0.3, 0.4) is 0 Å². The fourth-order valence-electron chi connectivity index (χ4n) is 2.45. The Labute approximate surface area is 120 Å². The van der Waals surface area contributed by atoms with Gasteiger partial charge in [0.1, 0.15) is 0 Å². The Balaban J connectivity index is 2.14. The summed E-state index contributed by atoms with van der Waals surface area (Å²) < 4.78 is 0. The van der Waals surface area contributed by atoms with E-state index in [2.05, 4.69) is 24.1 Å². The van der Waals surface area contributed by atoms with Crippen LogP contribution in [0.2, 0.25) is 0 Å². The third kappa shape index (κ3) is 3.61. The van der Waals surface area contributed by atoms with Crippen LogP contribution in [0.25, 0.3) is 0 Å². The van der Waals surface area contributed by atoms with Gasteiger partial charge in [-0.3, -0.25) is 4.79 Å². The van der Waals surface area contributed by atoms with Crippen molar-refractivity contribution in [1.29, 1.82) is 0 Å². The van der Waals surface area contributed by atoms with E-state index in [4.69, 9.17) is 5.11 Å². The van der Waals surface area contributed by atoms with E-state index in [1.807, 2.05) is 25.1 Å². The van der Waals surface area contributed by atoms with Gasteiger partial charge in [-0.25, -0.2) is 0 Å². The molecule has 0 saturated heterocycles. The topological polar surface area (TPSA) is 49.3 Å². The lowest BCUT2D eigenvalue weighted by molar-refractivity contribution is 0.0895. The second-order valence-corrected chi connectivity index (χ2v) is 5.57. The molecular weight excluding hydrogens is 250 g/mol. The molecule has 1 aliphatic rings. The fourth-order valence-corrected chi connectivity index (χ4v) is 2.45. The first-order valence-corrected chi connectivity index (χ1v) is 7.11. The van der Waals surface area contributed by atoms with Gasteiger partial charge in [-0.15, -0.1) is 0 Å². The van der Waals surface area contributed by atoms with E-state index in [0.717, 1.165) is 24.0 Å². The van der Waals surface area contributed by atoms with Gasteiger partial charge in [-0.1, -0.05) is 30.4 Å². The summed E-state index contributed by atoms with van der Waals surface area (Å²) in [6, 6.07) is 6.00. The molecule has 1 saturated carbocycles. The highest BCUT2D eigenvalue weighted by molar-refractivity contribution is 5.97. The Morgan fingerprint density at radius 1 is 1.45 bits per heavy atom. The number of aliphatic hydroxyl groups excluding tert-OH is 1. The molecule has 1 aliphatic carbocycles. The molecule has 0 unspecified atom stereocenters. The number of aliphatic hydroxyl groups is 1. The summed E-state index contributed by atoms with van der Waals surface area (Å²) >= 11 is 0. The zero-order valence-electron chi connectivity index (χ0n) is 12.1. The maximum atomic E-state index is 12.3. The number of carbonyl (C=O) groups excluding carboxylic acids is 1. The Morgan fingerprint density at radius 2 is 2.20 bits per heavy atom. The first-order chi connectivity index (χ1) is 9.60. The van der Waals surface area contributed by atoms with Crippen LogP contribution in [0.15, 0.2) is 18.2 Å². The molecule has 0 spiro atoms. The molecule has 1 aromatic carbocycles. The predicted octanol–water partition coefficient (Wildman–Crippen LogP) is 2.26. The van der Waals surface area contributed by atoms with Crippen LogP contribution in [0.1, 0.15) is 47.7 Å². The van der Waals surface area contributed by atoms with Crippen LogP contribution in [0.4, 0.5) is 0 Å². The molecule has 1 amide bonds. The van der Waals surface area contributed by atoms with Crippen molar-refractivity contribution in [1.82, 2.24) is 5.32 Å². The molecule has 0 heterocycles. The van der Waals surface area contributed by atoms with Crippen LogP contribution >= 0.6 is 0 Å². The van der Waals surface area contributed by atoms with Gasteiger partial charge in [0.15, 0.2) is 0 Å². The minimum absolute atomic E-state index is 0.0420. The average Bonchev–Trinajstić information content (AvgIpc) is 2.38. The molecular formula is C17H21NO2. The maximum Gasteiger partial charge on any atom is 0.252 e. The zero-order valence-corrected chi connectivity index (χ0v) is 12.1. The monoisotopic (exact) mass is 271 g/mol. The third-order valence-corrected chi connectivity index (χ3v) is 3.59. The lowest BCUT2D eigenvalue weighted by Gasteiger charge is -2.33. The molecule has 2 N–H and O–H groups in total. The average molecular weight is 271 g/mol. The number of hydrogen-bond donors (Lipinski definition) is 2. The van der Waals surface area contributed by atoms with Crippen molar-refractivity contribution in [3.8, 4) is 11.8 Å². The number of hydrogen-bond acceptors (Lipinski definition) is 2. The van der Waals surface area contributed by atoms with E-state index in [9.17, 15) is 4.79 Å². The zero-order chi connectivity index (χ0) is 14.5. The summed E-state index contributed by atoms with van der Waals surface area (Å²) in [6.45, 7) is 4.20. The van der Waals surface area contributed by atoms with Crippen molar-refractivity contribution in [2.45, 2.75) is 39.2 Å². The van der Waals surface area contributed by atoms with E-state index in [1.54, 1.807) is 0 Å². The van der Waals surface area contributed by atoms with Crippen molar-refractivity contribution in [2.75, 3.05) is 6.61 Å². The molecule has 106 valence electrons. The fraction of sp³-hybridized carbons (Fsp3) is 0.471. The molecule has 3 heteroatoms. The number of benzene rings is 1. The second kappa shape index (κ2) is 6.58. The minimum atomic E-state index is -0.0427. The van der Waals surface area contributed by atoms with Crippen LogP contribution in [-0.2, 0) is 0 Å². The molecule has 2 rings (SSSR count). The van der Waals surface area contributed by atoms with E-state index in [-0.39, 0.29) is 12.5 Å². The third-order valence-electron chi connectivity index (χ3n) is 3.59. The molecule has 0 aliphatic heterocycles. The summed E-state index contributed by atoms with van der Waals surface area (Å²) in [5, 5.41) is 11.8. The molecule has 0 atom stereocenters. The predicted molar refractivity (Wildman–Crippen MR) is 79.4 cm³/mol. The van der Waals surface area contributed by atoms with Crippen molar-refractivity contribution >= 4 is 5.91 Å². The molecule has 0 radical (unpaired) electrons. The van der Waals surface area contributed by atoms with Gasteiger partial charge in [-0.2, -0.15) is 0 Å². The van der Waals surface area contributed by atoms with E-state index in [1.165, 1.54) is 0 Å². The van der Waals surface area contributed by atoms with Crippen LogP contribution in [0.5, 0.6) is 0 Å². The minimum Gasteiger partial charge on any atom is -0.395 e. The quantitative estimate of drug-likeness (QED) is 0.828. The van der Waals surface area contributed by atoms with Crippen LogP contribution < -0.4 is 5.32 Å². The smallest absolute Gasteiger partial charge is 0.252 e. The molecule has 20 heavy (non-hydrogen) atoms. The highest BCUT2D eigenvalue weighted by atomic mass is 16.2. The van der Waals surface area contributed by atoms with Gasteiger partial charge in [0.05, 0.1) is 12.2 Å². The lowest BCUT2D eigenvalue weighted by atomic mass is 9.82. The first-order valence-electron chi connectivity index (χ1n) is 7.11. The van der Waals surface area contributed by atoms with Crippen molar-refractivity contribution < 1.29 is 9.90 Å². The normalized spacial score (nSPS) is 20.6. The van der Waals surface area contributed by atoms with Gasteiger partial charge in [0.25, 0.3) is 5.91 Å². The van der Waals surface area contributed by atoms with Crippen LogP contribution in [0, 0.1) is 24.7 Å². The molecule has 0 aromatic heterocycles. The highest BCUT2D eigenvalue weighted by Crippen LogP contribution is 2.26. The Morgan fingerprint density at radius 3 is 2.85 bits per heavy atom. The summed E-state index contributed by atoms with van der Waals surface area (Å²) in [5.41, 5.74) is 2.41. The first kappa shape index (κ1) is 14.6. The second-order valence-electron chi connectivity index (χ2n) is 5.57. The molecule has 1 fully saturated rings. The van der Waals surface area contributed by atoms with Gasteiger partial charge >= 0.3 is 0 Å². The molecule has 1 aromatic rings. The maximum absolute atomic E-state index is 12.3. The summed E-state index contributed by atoms with van der Waals surface area (Å²) in [4.78, 5) is 12.3.